The van der Waals surface area contributed by atoms with Crippen molar-refractivity contribution in [2.75, 3.05) is 6.16 Å². The van der Waals surface area contributed by atoms with Crippen molar-refractivity contribution in [1.82, 2.24) is 0 Å². The minimum atomic E-state index is 0.0842. The van der Waals surface area contributed by atoms with E-state index in [-0.39, 0.29) is 7.92 Å². The molecule has 130 valence electrons. The number of rotatable bonds is 10. The summed E-state index contributed by atoms with van der Waals surface area (Å²) in [7, 11) is 0.0842. The van der Waals surface area contributed by atoms with Crippen LogP contribution >= 0.6 is 7.92 Å². The van der Waals surface area contributed by atoms with Gasteiger partial charge in [-0.1, -0.05) is 91.0 Å². The van der Waals surface area contributed by atoms with Crippen molar-refractivity contribution in [1.29, 1.82) is 0 Å². The zero-order valence-electron chi connectivity index (χ0n) is 15.5. The standard InChI is InChI=1S/C22H37P/c1-3-5-7-11-19-23(21-13-9-8-10-14-21)22-17-15-20(16-18-22)12-6-4-2/h15-18,21H,3-14,19H2,1-2H3. The highest BCUT2D eigenvalue weighted by Crippen LogP contribution is 2.47. The van der Waals surface area contributed by atoms with E-state index in [1.165, 1.54) is 83.2 Å². The van der Waals surface area contributed by atoms with Crippen molar-refractivity contribution in [2.45, 2.75) is 96.6 Å². The molecule has 1 aliphatic rings. The Morgan fingerprint density at radius 3 is 2.17 bits per heavy atom. The van der Waals surface area contributed by atoms with Gasteiger partial charge in [0.25, 0.3) is 0 Å². The van der Waals surface area contributed by atoms with Crippen molar-refractivity contribution >= 4 is 13.2 Å². The summed E-state index contributed by atoms with van der Waals surface area (Å²) in [5, 5.41) is 1.70. The van der Waals surface area contributed by atoms with Crippen LogP contribution in [0.1, 0.15) is 90.0 Å². The molecule has 1 aromatic rings. The SMILES string of the molecule is CCCCCCP(c1ccc(CCCC)cc1)C1CCCCC1. The van der Waals surface area contributed by atoms with E-state index in [2.05, 4.69) is 38.1 Å². The van der Waals surface area contributed by atoms with Crippen LogP contribution in [0, 0.1) is 0 Å². The van der Waals surface area contributed by atoms with Gasteiger partial charge < -0.3 is 0 Å². The van der Waals surface area contributed by atoms with Gasteiger partial charge in [-0.05, 0) is 54.8 Å². The lowest BCUT2D eigenvalue weighted by Crippen LogP contribution is -2.19. The second kappa shape index (κ2) is 11.2. The summed E-state index contributed by atoms with van der Waals surface area (Å²) in [6, 6.07) is 9.83. The minimum absolute atomic E-state index is 0.0842. The van der Waals surface area contributed by atoms with E-state index in [4.69, 9.17) is 0 Å². The van der Waals surface area contributed by atoms with Gasteiger partial charge in [0.1, 0.15) is 0 Å². The van der Waals surface area contributed by atoms with Crippen molar-refractivity contribution in [3.05, 3.63) is 29.8 Å². The third-order valence-electron chi connectivity index (χ3n) is 5.36. The van der Waals surface area contributed by atoms with E-state index in [1.807, 2.05) is 0 Å². The lowest BCUT2D eigenvalue weighted by molar-refractivity contribution is 0.511. The average Bonchev–Trinajstić information content (AvgIpc) is 2.61. The zero-order valence-corrected chi connectivity index (χ0v) is 16.4. The van der Waals surface area contributed by atoms with Gasteiger partial charge in [0.2, 0.25) is 0 Å². The van der Waals surface area contributed by atoms with Crippen LogP contribution in [0.5, 0.6) is 0 Å². The molecule has 0 spiro atoms. The summed E-state index contributed by atoms with van der Waals surface area (Å²) < 4.78 is 0. The predicted octanol–water partition coefficient (Wildman–Crippen LogP) is 7.05. The maximum atomic E-state index is 2.49. The summed E-state index contributed by atoms with van der Waals surface area (Å²) in [5.74, 6) is 0. The number of hydrogen-bond donors (Lipinski definition) is 0. The molecule has 1 aromatic carbocycles. The molecular formula is C22H37P. The Bertz CT molecular complexity index is 402. The number of aryl methyl sites for hydroxylation is 1. The van der Waals surface area contributed by atoms with Crippen LogP contribution in [0.2, 0.25) is 0 Å². The van der Waals surface area contributed by atoms with Gasteiger partial charge in [-0.15, -0.1) is 0 Å². The first-order valence-corrected chi connectivity index (χ1v) is 11.8. The Labute approximate surface area is 146 Å². The maximum absolute atomic E-state index is 2.49. The van der Waals surface area contributed by atoms with Crippen molar-refractivity contribution in [3.63, 3.8) is 0 Å². The topological polar surface area (TPSA) is 0 Å². The lowest BCUT2D eigenvalue weighted by atomic mass is 10.0. The highest BCUT2D eigenvalue weighted by Gasteiger charge is 2.24. The molecule has 1 atom stereocenters. The first kappa shape index (κ1) is 19.0. The molecule has 0 heterocycles. The van der Waals surface area contributed by atoms with Crippen LogP contribution in [-0.2, 0) is 6.42 Å². The van der Waals surface area contributed by atoms with E-state index in [0.29, 0.717) is 0 Å². The molecule has 1 aliphatic carbocycles. The Kier molecular flexibility index (Phi) is 9.28. The van der Waals surface area contributed by atoms with Crippen LogP contribution in [0.25, 0.3) is 0 Å². The predicted molar refractivity (Wildman–Crippen MR) is 107 cm³/mol. The highest BCUT2D eigenvalue weighted by molar-refractivity contribution is 7.66. The molecule has 23 heavy (non-hydrogen) atoms. The molecule has 1 saturated carbocycles. The molecule has 1 unspecified atom stereocenters. The van der Waals surface area contributed by atoms with Crippen LogP contribution in [-0.4, -0.2) is 11.8 Å². The Morgan fingerprint density at radius 1 is 0.826 bits per heavy atom. The van der Waals surface area contributed by atoms with Gasteiger partial charge in [0, 0.05) is 0 Å². The van der Waals surface area contributed by atoms with Crippen molar-refractivity contribution in [3.8, 4) is 0 Å². The number of hydrogen-bond acceptors (Lipinski definition) is 0. The second-order valence-electron chi connectivity index (χ2n) is 7.32. The second-order valence-corrected chi connectivity index (χ2v) is 9.95. The quantitative estimate of drug-likeness (QED) is 0.318. The summed E-state index contributed by atoms with van der Waals surface area (Å²) in [6.45, 7) is 4.60. The number of unbranched alkanes of at least 4 members (excludes halogenated alkanes) is 4. The first-order valence-electron chi connectivity index (χ1n) is 10.2. The molecule has 0 saturated heterocycles. The third-order valence-corrected chi connectivity index (χ3v) is 8.51. The van der Waals surface area contributed by atoms with Crippen LogP contribution in [0.15, 0.2) is 24.3 Å². The number of benzene rings is 1. The van der Waals surface area contributed by atoms with E-state index in [9.17, 15) is 0 Å². The van der Waals surface area contributed by atoms with E-state index in [0.717, 1.165) is 5.66 Å². The Morgan fingerprint density at radius 2 is 1.52 bits per heavy atom. The fourth-order valence-corrected chi connectivity index (χ4v) is 6.99. The molecule has 0 nitrogen and oxygen atoms in total. The van der Waals surface area contributed by atoms with Crippen molar-refractivity contribution < 1.29 is 0 Å². The van der Waals surface area contributed by atoms with Gasteiger partial charge in [-0.25, -0.2) is 0 Å². The third kappa shape index (κ3) is 6.58. The van der Waals surface area contributed by atoms with Gasteiger partial charge >= 0.3 is 0 Å². The molecule has 0 bridgehead atoms. The maximum Gasteiger partial charge on any atom is -0.0169 e. The molecule has 0 aromatic heterocycles. The molecule has 0 aliphatic heterocycles. The van der Waals surface area contributed by atoms with Gasteiger partial charge in [-0.3, -0.25) is 0 Å². The van der Waals surface area contributed by atoms with Gasteiger partial charge in [0.05, 0.1) is 0 Å². The molecular weight excluding hydrogens is 295 g/mol. The summed E-state index contributed by atoms with van der Waals surface area (Å²) in [6.07, 6.45) is 18.5. The van der Waals surface area contributed by atoms with Gasteiger partial charge in [0.15, 0.2) is 0 Å². The summed E-state index contributed by atoms with van der Waals surface area (Å²) in [5.41, 5.74) is 2.56. The molecule has 1 fully saturated rings. The Balaban J connectivity index is 1.99. The fraction of sp³-hybridized carbons (Fsp3) is 0.727. The average molecular weight is 333 g/mol. The Hall–Kier alpha value is -0.350. The first-order chi connectivity index (χ1) is 11.3. The smallest absolute Gasteiger partial charge is 0.0169 e. The molecule has 0 N–H and O–H groups in total. The summed E-state index contributed by atoms with van der Waals surface area (Å²) in [4.78, 5) is 0. The molecule has 0 amide bonds. The zero-order chi connectivity index (χ0) is 16.3. The van der Waals surface area contributed by atoms with Crippen LogP contribution in [0.3, 0.4) is 0 Å². The molecule has 1 heteroatoms. The van der Waals surface area contributed by atoms with E-state index in [1.54, 1.807) is 10.9 Å². The monoisotopic (exact) mass is 332 g/mol. The summed E-state index contributed by atoms with van der Waals surface area (Å²) >= 11 is 0. The van der Waals surface area contributed by atoms with Gasteiger partial charge in [-0.2, -0.15) is 0 Å². The molecule has 0 radical (unpaired) electrons. The van der Waals surface area contributed by atoms with E-state index < -0.39 is 0 Å². The van der Waals surface area contributed by atoms with Crippen LogP contribution < -0.4 is 5.30 Å². The molecule has 2 rings (SSSR count). The van der Waals surface area contributed by atoms with Crippen molar-refractivity contribution in [2.24, 2.45) is 0 Å². The van der Waals surface area contributed by atoms with E-state index >= 15 is 0 Å². The van der Waals surface area contributed by atoms with Crippen LogP contribution in [0.4, 0.5) is 0 Å². The normalized spacial score (nSPS) is 17.3. The lowest BCUT2D eigenvalue weighted by Gasteiger charge is -2.31. The highest BCUT2D eigenvalue weighted by atomic mass is 31.1. The largest absolute Gasteiger partial charge is 0.0721 e. The fourth-order valence-electron chi connectivity index (χ4n) is 3.86. The minimum Gasteiger partial charge on any atom is -0.0721 e.